The van der Waals surface area contributed by atoms with Gasteiger partial charge in [-0.2, -0.15) is 0 Å². The lowest BCUT2D eigenvalue weighted by Gasteiger charge is -2.23. The molecule has 0 aliphatic heterocycles. The third-order valence-corrected chi connectivity index (χ3v) is 5.30. The Kier molecular flexibility index (Phi) is 4.85. The summed E-state index contributed by atoms with van der Waals surface area (Å²) in [6, 6.07) is 14.0. The lowest BCUT2D eigenvalue weighted by atomic mass is 10.2. The Balaban J connectivity index is 2.50. The summed E-state index contributed by atoms with van der Waals surface area (Å²) in [5.41, 5.74) is 1.62. The van der Waals surface area contributed by atoms with Crippen LogP contribution >= 0.6 is 15.9 Å². The van der Waals surface area contributed by atoms with Crippen LogP contribution in [0.25, 0.3) is 0 Å². The van der Waals surface area contributed by atoms with Crippen molar-refractivity contribution in [1.82, 2.24) is 0 Å². The van der Waals surface area contributed by atoms with E-state index in [-0.39, 0.29) is 11.4 Å². The smallest absolute Gasteiger partial charge is 0.262 e. The number of nitrogens with zero attached hydrogens (tertiary/aromatic N) is 1. The van der Waals surface area contributed by atoms with Gasteiger partial charge in [0.25, 0.3) is 10.0 Å². The van der Waals surface area contributed by atoms with Crippen molar-refractivity contribution in [2.24, 2.45) is 0 Å². The van der Waals surface area contributed by atoms with Gasteiger partial charge in [0.2, 0.25) is 0 Å². The molecule has 0 aliphatic rings. The van der Waals surface area contributed by atoms with Gasteiger partial charge in [0, 0.05) is 4.47 Å². The van der Waals surface area contributed by atoms with E-state index in [0.717, 1.165) is 10.0 Å². The van der Waals surface area contributed by atoms with Crippen LogP contribution < -0.4 is 4.31 Å². The molecule has 110 valence electrons. The highest BCUT2D eigenvalue weighted by molar-refractivity contribution is 9.10. The summed E-state index contributed by atoms with van der Waals surface area (Å²) in [5, 5.41) is 0. The Morgan fingerprint density at radius 2 is 1.86 bits per heavy atom. The molecule has 0 saturated heterocycles. The molecule has 0 N–H and O–H groups in total. The van der Waals surface area contributed by atoms with Gasteiger partial charge in [0.1, 0.15) is 0 Å². The number of hydrogen-bond acceptors (Lipinski definition) is 2. The first-order valence-electron chi connectivity index (χ1n) is 6.41. The second-order valence-corrected chi connectivity index (χ2v) is 7.40. The maximum absolute atomic E-state index is 12.8. The summed E-state index contributed by atoms with van der Waals surface area (Å²) in [5.74, 6) is 0. The number of benzene rings is 2. The lowest BCUT2D eigenvalue weighted by Crippen LogP contribution is -2.31. The number of anilines is 1. The van der Waals surface area contributed by atoms with Crippen LogP contribution in [-0.2, 0) is 10.0 Å². The summed E-state index contributed by atoms with van der Waals surface area (Å²) in [6.07, 6.45) is 1.58. The fourth-order valence-corrected chi connectivity index (χ4v) is 3.74. The molecule has 3 nitrogen and oxygen atoms in total. The van der Waals surface area contributed by atoms with Gasteiger partial charge in [-0.3, -0.25) is 4.31 Å². The molecule has 0 aromatic heterocycles. The minimum atomic E-state index is -3.61. The van der Waals surface area contributed by atoms with Crippen molar-refractivity contribution in [2.45, 2.75) is 11.8 Å². The number of halogens is 1. The quantitative estimate of drug-likeness (QED) is 0.746. The van der Waals surface area contributed by atoms with Crippen molar-refractivity contribution in [1.29, 1.82) is 0 Å². The van der Waals surface area contributed by atoms with Gasteiger partial charge < -0.3 is 0 Å². The largest absolute Gasteiger partial charge is 0.264 e. The molecule has 0 saturated carbocycles. The molecule has 0 aliphatic carbocycles. The predicted octanol–water partition coefficient (Wildman–Crippen LogP) is 4.14. The number of rotatable bonds is 5. The van der Waals surface area contributed by atoms with Gasteiger partial charge in [-0.05, 0) is 37.3 Å². The molecule has 0 heterocycles. The summed E-state index contributed by atoms with van der Waals surface area (Å²) in [4.78, 5) is 0.273. The van der Waals surface area contributed by atoms with Crippen LogP contribution in [0.3, 0.4) is 0 Å². The first kappa shape index (κ1) is 15.8. The van der Waals surface area contributed by atoms with Crippen LogP contribution in [0.1, 0.15) is 5.56 Å². The zero-order valence-electron chi connectivity index (χ0n) is 11.7. The second-order valence-electron chi connectivity index (χ2n) is 4.62. The molecule has 0 amide bonds. The molecule has 21 heavy (non-hydrogen) atoms. The molecule has 0 bridgehead atoms. The van der Waals surface area contributed by atoms with Crippen LogP contribution in [0.4, 0.5) is 5.69 Å². The highest BCUT2D eigenvalue weighted by Crippen LogP contribution is 2.26. The van der Waals surface area contributed by atoms with Gasteiger partial charge in [-0.25, -0.2) is 8.42 Å². The van der Waals surface area contributed by atoms with Crippen molar-refractivity contribution in [3.8, 4) is 0 Å². The molecular formula is C16H16BrNO2S. The third kappa shape index (κ3) is 3.54. The average Bonchev–Trinajstić information content (AvgIpc) is 2.45. The number of aryl methyl sites for hydroxylation is 1. The molecule has 2 rings (SSSR count). The number of hydrogen-bond donors (Lipinski definition) is 0. The Morgan fingerprint density at radius 3 is 2.43 bits per heavy atom. The summed E-state index contributed by atoms with van der Waals surface area (Å²) in [7, 11) is -3.61. The Labute approximate surface area is 134 Å². The van der Waals surface area contributed by atoms with Crippen molar-refractivity contribution < 1.29 is 8.42 Å². The molecule has 0 unspecified atom stereocenters. The molecular weight excluding hydrogens is 350 g/mol. The van der Waals surface area contributed by atoms with Crippen molar-refractivity contribution >= 4 is 31.6 Å². The van der Waals surface area contributed by atoms with Crippen LogP contribution in [0, 0.1) is 6.92 Å². The predicted molar refractivity (Wildman–Crippen MR) is 90.0 cm³/mol. The average molecular weight is 366 g/mol. The van der Waals surface area contributed by atoms with Crippen LogP contribution in [0.2, 0.25) is 0 Å². The van der Waals surface area contributed by atoms with Crippen molar-refractivity contribution in [2.75, 3.05) is 10.8 Å². The molecule has 5 heteroatoms. The van der Waals surface area contributed by atoms with E-state index < -0.39 is 10.0 Å². The van der Waals surface area contributed by atoms with Gasteiger partial charge in [-0.1, -0.05) is 45.8 Å². The summed E-state index contributed by atoms with van der Waals surface area (Å²) >= 11 is 3.37. The first-order chi connectivity index (χ1) is 9.95. The number of sulfonamides is 1. The second kappa shape index (κ2) is 6.45. The van der Waals surface area contributed by atoms with Crippen LogP contribution in [0.15, 0.2) is 70.6 Å². The van der Waals surface area contributed by atoms with Crippen molar-refractivity contribution in [3.05, 3.63) is 71.2 Å². The van der Waals surface area contributed by atoms with E-state index >= 15 is 0 Å². The third-order valence-electron chi connectivity index (χ3n) is 3.00. The van der Waals surface area contributed by atoms with E-state index in [1.807, 2.05) is 13.0 Å². The molecule has 0 radical (unpaired) electrons. The van der Waals surface area contributed by atoms with E-state index in [9.17, 15) is 8.42 Å². The molecule has 0 fully saturated rings. The van der Waals surface area contributed by atoms with Crippen molar-refractivity contribution in [3.63, 3.8) is 0 Å². The minimum absolute atomic E-state index is 0.215. The Morgan fingerprint density at radius 1 is 1.19 bits per heavy atom. The normalized spacial score (nSPS) is 11.1. The molecule has 0 atom stereocenters. The minimum Gasteiger partial charge on any atom is -0.262 e. The highest BCUT2D eigenvalue weighted by Gasteiger charge is 2.23. The molecule has 2 aromatic rings. The maximum atomic E-state index is 12.8. The van der Waals surface area contributed by atoms with Gasteiger partial charge in [-0.15, -0.1) is 6.58 Å². The SMILES string of the molecule is C=CCN(c1cccc(Br)c1)S(=O)(=O)c1ccc(C)cc1. The highest BCUT2D eigenvalue weighted by atomic mass is 79.9. The van der Waals surface area contributed by atoms with E-state index in [1.54, 1.807) is 48.5 Å². The molecule has 2 aromatic carbocycles. The fourth-order valence-electron chi connectivity index (χ4n) is 1.93. The zero-order chi connectivity index (χ0) is 15.5. The van der Waals surface area contributed by atoms with E-state index in [0.29, 0.717) is 5.69 Å². The van der Waals surface area contributed by atoms with E-state index in [2.05, 4.69) is 22.5 Å². The van der Waals surface area contributed by atoms with Crippen LogP contribution in [0.5, 0.6) is 0 Å². The van der Waals surface area contributed by atoms with Crippen LogP contribution in [-0.4, -0.2) is 15.0 Å². The molecule has 0 spiro atoms. The lowest BCUT2D eigenvalue weighted by molar-refractivity contribution is 0.593. The fraction of sp³-hybridized carbons (Fsp3) is 0.125. The first-order valence-corrected chi connectivity index (χ1v) is 8.64. The van der Waals surface area contributed by atoms with E-state index in [4.69, 9.17) is 0 Å². The summed E-state index contributed by atoms with van der Waals surface area (Å²) in [6.45, 7) is 5.79. The summed E-state index contributed by atoms with van der Waals surface area (Å²) < 4.78 is 27.8. The Hall–Kier alpha value is -1.59. The van der Waals surface area contributed by atoms with Gasteiger partial charge >= 0.3 is 0 Å². The van der Waals surface area contributed by atoms with E-state index in [1.165, 1.54) is 4.31 Å². The standard InChI is InChI=1S/C16H16BrNO2S/c1-3-11-18(15-6-4-5-14(17)12-15)21(19,20)16-9-7-13(2)8-10-16/h3-10,12H,1,11H2,2H3. The van der Waals surface area contributed by atoms with Gasteiger partial charge in [0.05, 0.1) is 17.1 Å². The maximum Gasteiger partial charge on any atom is 0.264 e. The monoisotopic (exact) mass is 365 g/mol. The Bertz CT molecular complexity index is 739. The zero-order valence-corrected chi connectivity index (χ0v) is 14.1. The topological polar surface area (TPSA) is 37.4 Å². The van der Waals surface area contributed by atoms with Gasteiger partial charge in [0.15, 0.2) is 0 Å².